The standard InChI is InChI=1S/C46H46ClF3N4O7/c1-53-15-13-26-19-37(56-3)40-23-31(26)35(53)17-25-7-10-30(11-8-25)60-39-21-28(18-36-42-27(14-16-54(36)2)20-41(58-5)43(59-6)44(42)61-40)34(24-38(39)57-4)52-45(55)51-29-9-12-33(47)32(22-29)46(48,49)50/h7-12,19-24,35-36H,13-18H2,1-6H3,(H2,51,52,55)/t35-,36-/m0/s1. The lowest BCUT2D eigenvalue weighted by Crippen LogP contribution is -2.34. The number of hydrogen-bond donors (Lipinski definition) is 2. The maximum Gasteiger partial charge on any atom is 0.417 e. The largest absolute Gasteiger partial charge is 0.493 e. The van der Waals surface area contributed by atoms with E-state index in [-0.39, 0.29) is 17.8 Å². The van der Waals surface area contributed by atoms with Crippen LogP contribution < -0.4 is 39.1 Å². The molecule has 6 bridgehead atoms. The first kappa shape index (κ1) is 41.9. The second-order valence-electron chi connectivity index (χ2n) is 15.4. The molecule has 15 heteroatoms. The van der Waals surface area contributed by atoms with Crippen LogP contribution in [-0.4, -0.2) is 71.5 Å². The second-order valence-corrected chi connectivity index (χ2v) is 15.8. The third-order valence-electron chi connectivity index (χ3n) is 11.8. The number of benzene rings is 5. The van der Waals surface area contributed by atoms with Crippen molar-refractivity contribution in [1.82, 2.24) is 9.80 Å². The lowest BCUT2D eigenvalue weighted by molar-refractivity contribution is -0.137. The minimum absolute atomic E-state index is 0.0499. The van der Waals surface area contributed by atoms with Crippen molar-refractivity contribution in [2.24, 2.45) is 0 Å². The smallest absolute Gasteiger partial charge is 0.417 e. The van der Waals surface area contributed by atoms with Gasteiger partial charge >= 0.3 is 12.2 Å². The number of urea groups is 1. The molecule has 4 aliphatic heterocycles. The zero-order chi connectivity index (χ0) is 43.2. The number of hydrogen-bond acceptors (Lipinski definition) is 9. The zero-order valence-electron chi connectivity index (χ0n) is 34.6. The van der Waals surface area contributed by atoms with Crippen LogP contribution in [0.2, 0.25) is 5.02 Å². The van der Waals surface area contributed by atoms with Crippen molar-refractivity contribution in [3.05, 3.63) is 117 Å². The molecule has 5 aromatic rings. The van der Waals surface area contributed by atoms with E-state index in [9.17, 15) is 18.0 Å². The van der Waals surface area contributed by atoms with E-state index in [4.69, 9.17) is 40.0 Å². The summed E-state index contributed by atoms with van der Waals surface area (Å²) in [5.41, 5.74) is 5.07. The molecule has 61 heavy (non-hydrogen) atoms. The predicted octanol–water partition coefficient (Wildman–Crippen LogP) is 10.5. The van der Waals surface area contributed by atoms with Gasteiger partial charge in [0, 0.05) is 48.2 Å². The van der Waals surface area contributed by atoms with Gasteiger partial charge in [-0.15, -0.1) is 0 Å². The van der Waals surface area contributed by atoms with Crippen LogP contribution in [0.5, 0.6) is 46.0 Å². The molecule has 0 aliphatic carbocycles. The van der Waals surface area contributed by atoms with E-state index < -0.39 is 22.8 Å². The van der Waals surface area contributed by atoms with Crippen molar-refractivity contribution in [3.63, 3.8) is 0 Å². The fraction of sp³-hybridized carbons (Fsp3) is 0.326. The molecule has 320 valence electrons. The van der Waals surface area contributed by atoms with Crippen molar-refractivity contribution in [3.8, 4) is 46.0 Å². The Morgan fingerprint density at radius 3 is 2.07 bits per heavy atom. The minimum atomic E-state index is -4.72. The van der Waals surface area contributed by atoms with E-state index in [1.807, 2.05) is 43.4 Å². The number of carbonyl (C=O) groups is 1. The topological polar surface area (TPSA) is 103 Å². The molecule has 0 fully saturated rings. The normalized spacial score (nSPS) is 17.5. The molecule has 0 unspecified atom stereocenters. The Kier molecular flexibility index (Phi) is 11.6. The Labute approximate surface area is 357 Å². The van der Waals surface area contributed by atoms with Gasteiger partial charge in [-0.3, -0.25) is 9.80 Å². The molecule has 5 aromatic carbocycles. The van der Waals surface area contributed by atoms with E-state index in [1.165, 1.54) is 18.7 Å². The van der Waals surface area contributed by atoms with Crippen LogP contribution in [0.15, 0.2) is 72.8 Å². The van der Waals surface area contributed by atoms with Crippen LogP contribution in [0, 0.1) is 0 Å². The fourth-order valence-electron chi connectivity index (χ4n) is 8.56. The first-order valence-electron chi connectivity index (χ1n) is 19.8. The summed E-state index contributed by atoms with van der Waals surface area (Å²) < 4.78 is 78.5. The third kappa shape index (κ3) is 8.31. The number of nitrogens with zero attached hydrogens (tertiary/aromatic N) is 2. The summed E-state index contributed by atoms with van der Waals surface area (Å²) in [6, 6.07) is 19.6. The number of amides is 2. The molecule has 0 aromatic heterocycles. The number of alkyl halides is 3. The number of nitrogens with one attached hydrogen (secondary N) is 2. The van der Waals surface area contributed by atoms with Gasteiger partial charge in [-0.05, 0) is 122 Å². The Bertz CT molecular complexity index is 2480. The van der Waals surface area contributed by atoms with Gasteiger partial charge in [0.05, 0.1) is 39.0 Å². The number of likely N-dealkylation sites (N-methyl/N-ethyl adjacent to an activating group) is 2. The Balaban J connectivity index is 1.29. The van der Waals surface area contributed by atoms with E-state index in [0.29, 0.717) is 76.6 Å². The van der Waals surface area contributed by atoms with Gasteiger partial charge in [-0.1, -0.05) is 23.7 Å². The van der Waals surface area contributed by atoms with Crippen LogP contribution in [0.4, 0.5) is 29.3 Å². The molecule has 4 aliphatic rings. The van der Waals surface area contributed by atoms with Gasteiger partial charge in [0.1, 0.15) is 5.75 Å². The Morgan fingerprint density at radius 1 is 0.721 bits per heavy atom. The number of anilines is 2. The molecule has 0 saturated carbocycles. The maximum absolute atomic E-state index is 13.7. The van der Waals surface area contributed by atoms with Gasteiger partial charge in [0.2, 0.25) is 5.75 Å². The third-order valence-corrected chi connectivity index (χ3v) is 12.1. The average Bonchev–Trinajstić information content (AvgIpc) is 3.23. The quantitative estimate of drug-likeness (QED) is 0.173. The van der Waals surface area contributed by atoms with Crippen LogP contribution in [0.25, 0.3) is 0 Å². The molecule has 2 atom stereocenters. The van der Waals surface area contributed by atoms with Crippen molar-refractivity contribution < 1.29 is 46.4 Å². The number of rotatable bonds is 6. The molecule has 9 rings (SSSR count). The van der Waals surface area contributed by atoms with Crippen molar-refractivity contribution in [1.29, 1.82) is 0 Å². The van der Waals surface area contributed by atoms with Gasteiger partial charge < -0.3 is 39.1 Å². The summed E-state index contributed by atoms with van der Waals surface area (Å²) >= 11 is 5.86. The van der Waals surface area contributed by atoms with Gasteiger partial charge in [-0.2, -0.15) is 13.2 Å². The summed E-state index contributed by atoms with van der Waals surface area (Å²) in [6.07, 6.45) is -2.17. The average molecular weight is 859 g/mol. The fourth-order valence-corrected chi connectivity index (χ4v) is 8.79. The van der Waals surface area contributed by atoms with Crippen molar-refractivity contribution in [2.45, 2.75) is 43.9 Å². The van der Waals surface area contributed by atoms with Gasteiger partial charge in [0.15, 0.2) is 34.5 Å². The summed E-state index contributed by atoms with van der Waals surface area (Å²) in [5, 5.41) is 4.91. The number of ether oxygens (including phenoxy) is 6. The van der Waals surface area contributed by atoms with E-state index >= 15 is 0 Å². The second kappa shape index (κ2) is 16.9. The molecule has 0 saturated heterocycles. The molecule has 2 amide bonds. The molecule has 11 nitrogen and oxygen atoms in total. The summed E-state index contributed by atoms with van der Waals surface area (Å²) in [6.45, 7) is 1.55. The highest BCUT2D eigenvalue weighted by atomic mass is 35.5. The SMILES string of the molecule is COc1cc(NC(=O)Nc2ccc(Cl)c(C(F)(F)F)c2)c2cc1Oc1ccc(cc1)C[C@H]1c3cc(c(OC)cc3CCN1C)Oc1c(OC)c(OC)cc3c1[C@H](C2)N(C)CC3. The summed E-state index contributed by atoms with van der Waals surface area (Å²) in [5.74, 6) is 3.76. The van der Waals surface area contributed by atoms with Crippen molar-refractivity contribution in [2.75, 3.05) is 66.3 Å². The zero-order valence-corrected chi connectivity index (χ0v) is 35.3. The lowest BCUT2D eigenvalue weighted by atomic mass is 9.86. The minimum Gasteiger partial charge on any atom is -0.493 e. The van der Waals surface area contributed by atoms with E-state index in [0.717, 1.165) is 53.8 Å². The van der Waals surface area contributed by atoms with Gasteiger partial charge in [-0.25, -0.2) is 4.79 Å². The first-order chi connectivity index (χ1) is 29.3. The Hall–Kier alpha value is -5.83. The molecule has 4 heterocycles. The summed E-state index contributed by atoms with van der Waals surface area (Å²) in [7, 11) is 10.4. The van der Waals surface area contributed by atoms with E-state index in [2.05, 4.69) is 39.6 Å². The molecule has 0 spiro atoms. The highest BCUT2D eigenvalue weighted by molar-refractivity contribution is 6.31. The van der Waals surface area contributed by atoms with Crippen LogP contribution in [0.1, 0.15) is 51.0 Å². The van der Waals surface area contributed by atoms with Crippen LogP contribution >= 0.6 is 11.6 Å². The van der Waals surface area contributed by atoms with E-state index in [1.54, 1.807) is 27.4 Å². The number of fused-ring (bicyclic) bond motifs is 2. The number of halogens is 4. The number of carbonyl (C=O) groups excluding carboxylic acids is 1. The van der Waals surface area contributed by atoms with Crippen LogP contribution in [-0.2, 0) is 31.9 Å². The van der Waals surface area contributed by atoms with Gasteiger partial charge in [0.25, 0.3) is 0 Å². The highest BCUT2D eigenvalue weighted by Gasteiger charge is 2.36. The van der Waals surface area contributed by atoms with Crippen LogP contribution in [0.3, 0.4) is 0 Å². The highest BCUT2D eigenvalue weighted by Crippen LogP contribution is 2.52. The maximum atomic E-state index is 13.7. The summed E-state index contributed by atoms with van der Waals surface area (Å²) in [4.78, 5) is 18.2. The monoisotopic (exact) mass is 858 g/mol. The molecule has 0 radical (unpaired) electrons. The van der Waals surface area contributed by atoms with Crippen molar-refractivity contribution >= 4 is 29.0 Å². The Morgan fingerprint density at radius 2 is 1.38 bits per heavy atom. The molecular formula is C46H46ClF3N4O7. The molecular weight excluding hydrogens is 813 g/mol. The predicted molar refractivity (Wildman–Crippen MR) is 227 cm³/mol. The first-order valence-corrected chi connectivity index (χ1v) is 20.2. The number of methoxy groups -OCH3 is 4. The molecule has 2 N–H and O–H groups in total. The lowest BCUT2D eigenvalue weighted by Gasteiger charge is -2.37.